The van der Waals surface area contributed by atoms with Gasteiger partial charge >= 0.3 is 0 Å². The first-order valence-corrected chi connectivity index (χ1v) is 6.69. The van der Waals surface area contributed by atoms with Gasteiger partial charge in [0.25, 0.3) is 5.89 Å². The highest BCUT2D eigenvalue weighted by atomic mass is 16.5. The van der Waals surface area contributed by atoms with Crippen molar-refractivity contribution < 1.29 is 9.26 Å². The molecule has 0 saturated heterocycles. The Morgan fingerprint density at radius 2 is 1.90 bits per heavy atom. The summed E-state index contributed by atoms with van der Waals surface area (Å²) in [5.41, 5.74) is 8.05. The number of ether oxygens (including phenoxy) is 1. The van der Waals surface area contributed by atoms with Crippen LogP contribution in [0.3, 0.4) is 0 Å². The summed E-state index contributed by atoms with van der Waals surface area (Å²) in [6, 6.07) is 14.9. The first-order chi connectivity index (χ1) is 10.3. The van der Waals surface area contributed by atoms with E-state index in [9.17, 15) is 0 Å². The van der Waals surface area contributed by atoms with Crippen LogP contribution in [-0.2, 0) is 0 Å². The van der Waals surface area contributed by atoms with E-state index in [2.05, 4.69) is 10.1 Å². The Balaban J connectivity index is 1.91. The van der Waals surface area contributed by atoms with Gasteiger partial charge in [-0.25, -0.2) is 0 Å². The molecular formula is C16H15N3O2. The molecule has 0 aliphatic heterocycles. The number of aromatic nitrogens is 2. The first kappa shape index (κ1) is 13.2. The molecule has 0 fully saturated rings. The highest BCUT2D eigenvalue weighted by Crippen LogP contribution is 2.25. The molecule has 0 bridgehead atoms. The largest absolute Gasteiger partial charge is 0.494 e. The molecule has 5 heteroatoms. The van der Waals surface area contributed by atoms with Crippen molar-refractivity contribution in [3.63, 3.8) is 0 Å². The maximum absolute atomic E-state index is 5.67. The lowest BCUT2D eigenvalue weighted by Crippen LogP contribution is -1.91. The van der Waals surface area contributed by atoms with Crippen molar-refractivity contribution in [3.8, 4) is 28.6 Å². The van der Waals surface area contributed by atoms with Crippen LogP contribution in [0.1, 0.15) is 6.92 Å². The lowest BCUT2D eigenvalue weighted by Gasteiger charge is -2.02. The zero-order chi connectivity index (χ0) is 14.7. The summed E-state index contributed by atoms with van der Waals surface area (Å²) >= 11 is 0. The van der Waals surface area contributed by atoms with Crippen LogP contribution in [0.4, 0.5) is 5.69 Å². The predicted octanol–water partition coefficient (Wildman–Crippen LogP) is 3.38. The number of hydrogen-bond acceptors (Lipinski definition) is 5. The van der Waals surface area contributed by atoms with Crippen LogP contribution < -0.4 is 10.5 Å². The van der Waals surface area contributed by atoms with E-state index >= 15 is 0 Å². The van der Waals surface area contributed by atoms with Gasteiger partial charge in [0.2, 0.25) is 5.82 Å². The fraction of sp³-hybridized carbons (Fsp3) is 0.125. The number of anilines is 1. The van der Waals surface area contributed by atoms with Crippen molar-refractivity contribution in [1.82, 2.24) is 10.1 Å². The second-order valence-corrected chi connectivity index (χ2v) is 4.51. The Bertz CT molecular complexity index is 735. The third-order valence-electron chi connectivity index (χ3n) is 2.99. The summed E-state index contributed by atoms with van der Waals surface area (Å²) in [6.07, 6.45) is 0. The fourth-order valence-corrected chi connectivity index (χ4v) is 1.98. The molecular weight excluding hydrogens is 266 g/mol. The molecule has 0 radical (unpaired) electrons. The van der Waals surface area contributed by atoms with E-state index in [0.717, 1.165) is 16.9 Å². The average molecular weight is 281 g/mol. The van der Waals surface area contributed by atoms with Gasteiger partial charge in [-0.3, -0.25) is 0 Å². The third-order valence-corrected chi connectivity index (χ3v) is 2.99. The smallest absolute Gasteiger partial charge is 0.258 e. The zero-order valence-corrected chi connectivity index (χ0v) is 11.6. The molecule has 5 nitrogen and oxygen atoms in total. The van der Waals surface area contributed by atoms with Crippen LogP contribution in [0.15, 0.2) is 53.1 Å². The van der Waals surface area contributed by atoms with Crippen molar-refractivity contribution >= 4 is 5.69 Å². The van der Waals surface area contributed by atoms with Crippen molar-refractivity contribution in [1.29, 1.82) is 0 Å². The number of rotatable bonds is 4. The van der Waals surface area contributed by atoms with Crippen LogP contribution in [0.2, 0.25) is 0 Å². The minimum absolute atomic E-state index is 0.465. The van der Waals surface area contributed by atoms with E-state index in [1.54, 1.807) is 12.1 Å². The second kappa shape index (κ2) is 5.66. The number of benzene rings is 2. The summed E-state index contributed by atoms with van der Waals surface area (Å²) in [6.45, 7) is 2.56. The molecule has 1 aromatic heterocycles. The van der Waals surface area contributed by atoms with E-state index in [1.165, 1.54) is 0 Å². The van der Waals surface area contributed by atoms with Crippen LogP contribution in [0.25, 0.3) is 22.8 Å². The number of hydrogen-bond donors (Lipinski definition) is 1. The molecule has 2 N–H and O–H groups in total. The monoisotopic (exact) mass is 281 g/mol. The maximum Gasteiger partial charge on any atom is 0.258 e. The van der Waals surface area contributed by atoms with Gasteiger partial charge in [-0.05, 0) is 43.3 Å². The zero-order valence-electron chi connectivity index (χ0n) is 11.6. The van der Waals surface area contributed by atoms with Gasteiger partial charge in [-0.1, -0.05) is 17.3 Å². The Kier molecular flexibility index (Phi) is 3.55. The number of nitrogens with zero attached hydrogens (tertiary/aromatic N) is 2. The Morgan fingerprint density at radius 3 is 2.67 bits per heavy atom. The molecule has 1 heterocycles. The quantitative estimate of drug-likeness (QED) is 0.742. The van der Waals surface area contributed by atoms with E-state index < -0.39 is 0 Å². The van der Waals surface area contributed by atoms with E-state index in [4.69, 9.17) is 15.0 Å². The summed E-state index contributed by atoms with van der Waals surface area (Å²) in [5, 5.41) is 4.01. The number of nitrogens with two attached hydrogens (primary N) is 1. The van der Waals surface area contributed by atoms with Crippen LogP contribution in [0.5, 0.6) is 5.75 Å². The summed E-state index contributed by atoms with van der Waals surface area (Å²) < 4.78 is 10.8. The highest BCUT2D eigenvalue weighted by molar-refractivity contribution is 5.62. The lowest BCUT2D eigenvalue weighted by atomic mass is 10.2. The van der Waals surface area contributed by atoms with Crippen molar-refractivity contribution in [2.75, 3.05) is 12.3 Å². The van der Waals surface area contributed by atoms with Gasteiger partial charge < -0.3 is 15.0 Å². The van der Waals surface area contributed by atoms with Gasteiger partial charge in [0.1, 0.15) is 5.75 Å². The van der Waals surface area contributed by atoms with Crippen molar-refractivity contribution in [3.05, 3.63) is 48.5 Å². The third kappa shape index (κ3) is 2.86. The number of nitrogen functional groups attached to an aromatic ring is 1. The first-order valence-electron chi connectivity index (χ1n) is 6.69. The minimum Gasteiger partial charge on any atom is -0.494 e. The topological polar surface area (TPSA) is 74.2 Å². The SMILES string of the molecule is CCOc1cccc(-c2noc(-c3ccc(N)cc3)n2)c1. The summed E-state index contributed by atoms with van der Waals surface area (Å²) in [4.78, 5) is 4.41. The van der Waals surface area contributed by atoms with Crippen molar-refractivity contribution in [2.24, 2.45) is 0 Å². The second-order valence-electron chi connectivity index (χ2n) is 4.51. The molecule has 21 heavy (non-hydrogen) atoms. The molecule has 2 aromatic carbocycles. The Labute approximate surface area is 122 Å². The molecule has 3 rings (SSSR count). The van der Waals surface area contributed by atoms with E-state index in [1.807, 2.05) is 43.3 Å². The molecule has 0 spiro atoms. The van der Waals surface area contributed by atoms with Crippen LogP contribution in [-0.4, -0.2) is 16.7 Å². The Hall–Kier alpha value is -2.82. The Morgan fingerprint density at radius 1 is 1.10 bits per heavy atom. The molecule has 0 atom stereocenters. The van der Waals surface area contributed by atoms with Gasteiger partial charge in [-0.2, -0.15) is 4.98 Å². The van der Waals surface area contributed by atoms with E-state index in [-0.39, 0.29) is 0 Å². The highest BCUT2D eigenvalue weighted by Gasteiger charge is 2.11. The fourth-order valence-electron chi connectivity index (χ4n) is 1.98. The lowest BCUT2D eigenvalue weighted by molar-refractivity contribution is 0.340. The molecule has 3 aromatic rings. The van der Waals surface area contributed by atoms with Gasteiger partial charge in [0, 0.05) is 16.8 Å². The van der Waals surface area contributed by atoms with Crippen molar-refractivity contribution in [2.45, 2.75) is 6.92 Å². The molecule has 0 amide bonds. The van der Waals surface area contributed by atoms with E-state index in [0.29, 0.717) is 24.0 Å². The standard InChI is InChI=1S/C16H15N3O2/c1-2-20-14-5-3-4-12(10-14)15-18-16(21-19-15)11-6-8-13(17)9-7-11/h3-10H,2,17H2,1H3. The molecule has 0 aliphatic rings. The predicted molar refractivity (Wildman–Crippen MR) is 80.8 cm³/mol. The summed E-state index contributed by atoms with van der Waals surface area (Å²) in [7, 11) is 0. The van der Waals surface area contributed by atoms with Crippen LogP contribution in [0, 0.1) is 0 Å². The molecule has 0 saturated carbocycles. The summed E-state index contributed by atoms with van der Waals surface area (Å²) in [5.74, 6) is 1.78. The molecule has 106 valence electrons. The molecule has 0 unspecified atom stereocenters. The molecule has 0 aliphatic carbocycles. The van der Waals surface area contributed by atoms with Crippen LogP contribution >= 0.6 is 0 Å². The minimum atomic E-state index is 0.465. The maximum atomic E-state index is 5.67. The van der Waals surface area contributed by atoms with Gasteiger partial charge in [0.05, 0.1) is 6.61 Å². The van der Waals surface area contributed by atoms with Gasteiger partial charge in [-0.15, -0.1) is 0 Å². The van der Waals surface area contributed by atoms with Gasteiger partial charge in [0.15, 0.2) is 0 Å². The normalized spacial score (nSPS) is 10.5. The average Bonchev–Trinajstić information content (AvgIpc) is 2.98.